The van der Waals surface area contributed by atoms with Crippen molar-refractivity contribution in [2.75, 3.05) is 7.11 Å². The molecule has 1 N–H and O–H groups in total. The summed E-state index contributed by atoms with van der Waals surface area (Å²) in [5, 5.41) is 9.86. The second-order valence-electron chi connectivity index (χ2n) is 3.76. The van der Waals surface area contributed by atoms with E-state index in [1.165, 1.54) is 5.56 Å². The summed E-state index contributed by atoms with van der Waals surface area (Å²) in [5.74, 6) is 0.403. The highest BCUT2D eigenvalue weighted by molar-refractivity contribution is 5.52. The predicted molar refractivity (Wildman–Crippen MR) is 57.8 cm³/mol. The first-order chi connectivity index (χ1) is 6.50. The SMILES string of the molecule is COCc1c(C)c(C)c(C)c(O)c1C. The van der Waals surface area contributed by atoms with E-state index in [1.54, 1.807) is 7.11 Å². The highest BCUT2D eigenvalue weighted by atomic mass is 16.5. The molecule has 0 radical (unpaired) electrons. The number of aromatic hydroxyl groups is 1. The minimum absolute atomic E-state index is 0.403. The maximum absolute atomic E-state index is 9.86. The van der Waals surface area contributed by atoms with Gasteiger partial charge in [-0.15, -0.1) is 0 Å². The molecule has 0 spiro atoms. The van der Waals surface area contributed by atoms with E-state index >= 15 is 0 Å². The summed E-state index contributed by atoms with van der Waals surface area (Å²) in [4.78, 5) is 0. The summed E-state index contributed by atoms with van der Waals surface area (Å²) >= 11 is 0. The standard InChI is InChI=1S/C12H18O2/c1-7-8(2)11(6-14-5)10(4)12(13)9(7)3/h13H,6H2,1-5H3. The van der Waals surface area contributed by atoms with Crippen LogP contribution in [0.15, 0.2) is 0 Å². The molecule has 0 aliphatic heterocycles. The largest absolute Gasteiger partial charge is 0.507 e. The zero-order valence-corrected chi connectivity index (χ0v) is 9.56. The molecule has 1 rings (SSSR count). The fourth-order valence-corrected chi connectivity index (χ4v) is 1.75. The normalized spacial score (nSPS) is 10.6. The molecule has 0 saturated heterocycles. The van der Waals surface area contributed by atoms with Gasteiger partial charge in [-0.3, -0.25) is 0 Å². The van der Waals surface area contributed by atoms with Gasteiger partial charge in [0.05, 0.1) is 6.61 Å². The molecular formula is C12H18O2. The van der Waals surface area contributed by atoms with Crippen LogP contribution < -0.4 is 0 Å². The Balaban J connectivity index is 3.43. The second-order valence-corrected chi connectivity index (χ2v) is 3.76. The Morgan fingerprint density at radius 1 is 0.929 bits per heavy atom. The van der Waals surface area contributed by atoms with Crippen LogP contribution in [0.5, 0.6) is 5.75 Å². The first-order valence-electron chi connectivity index (χ1n) is 4.77. The summed E-state index contributed by atoms with van der Waals surface area (Å²) in [7, 11) is 1.67. The fourth-order valence-electron chi connectivity index (χ4n) is 1.75. The van der Waals surface area contributed by atoms with Crippen molar-refractivity contribution in [2.45, 2.75) is 34.3 Å². The van der Waals surface area contributed by atoms with E-state index in [2.05, 4.69) is 6.92 Å². The Morgan fingerprint density at radius 3 is 2.00 bits per heavy atom. The minimum Gasteiger partial charge on any atom is -0.507 e. The van der Waals surface area contributed by atoms with Crippen molar-refractivity contribution in [3.8, 4) is 5.75 Å². The molecule has 0 aromatic heterocycles. The molecule has 0 fully saturated rings. The molecule has 0 aliphatic carbocycles. The summed E-state index contributed by atoms with van der Waals surface area (Å²) in [6, 6.07) is 0. The summed E-state index contributed by atoms with van der Waals surface area (Å²) in [5.41, 5.74) is 5.39. The Kier molecular flexibility index (Phi) is 3.17. The number of methoxy groups -OCH3 is 1. The average Bonchev–Trinajstić information content (AvgIpc) is 2.19. The smallest absolute Gasteiger partial charge is 0.122 e. The van der Waals surface area contributed by atoms with Crippen molar-refractivity contribution in [3.63, 3.8) is 0 Å². The summed E-state index contributed by atoms with van der Waals surface area (Å²) in [6.07, 6.45) is 0. The molecule has 0 aliphatic rings. The number of rotatable bonds is 2. The minimum atomic E-state index is 0.403. The van der Waals surface area contributed by atoms with Gasteiger partial charge in [0, 0.05) is 7.11 Å². The molecule has 78 valence electrons. The highest BCUT2D eigenvalue weighted by Gasteiger charge is 2.13. The number of hydrogen-bond acceptors (Lipinski definition) is 2. The molecule has 0 unspecified atom stereocenters. The van der Waals surface area contributed by atoms with Crippen LogP contribution in [0, 0.1) is 27.7 Å². The molecule has 14 heavy (non-hydrogen) atoms. The van der Waals surface area contributed by atoms with E-state index in [1.807, 2.05) is 20.8 Å². The molecule has 0 heterocycles. The van der Waals surface area contributed by atoms with Crippen molar-refractivity contribution >= 4 is 0 Å². The molecule has 0 atom stereocenters. The Labute approximate surface area is 85.5 Å². The van der Waals surface area contributed by atoms with E-state index < -0.39 is 0 Å². The van der Waals surface area contributed by atoms with Gasteiger partial charge in [-0.1, -0.05) is 0 Å². The van der Waals surface area contributed by atoms with Crippen molar-refractivity contribution in [2.24, 2.45) is 0 Å². The third-order valence-electron chi connectivity index (χ3n) is 3.03. The van der Waals surface area contributed by atoms with E-state index in [0.717, 1.165) is 22.3 Å². The zero-order valence-electron chi connectivity index (χ0n) is 9.56. The highest BCUT2D eigenvalue weighted by Crippen LogP contribution is 2.31. The monoisotopic (exact) mass is 194 g/mol. The van der Waals surface area contributed by atoms with E-state index in [-0.39, 0.29) is 0 Å². The number of ether oxygens (including phenoxy) is 1. The zero-order chi connectivity index (χ0) is 10.9. The number of hydrogen-bond donors (Lipinski definition) is 1. The van der Waals surface area contributed by atoms with Crippen molar-refractivity contribution in [1.82, 2.24) is 0 Å². The van der Waals surface area contributed by atoms with Crippen LogP contribution in [0.1, 0.15) is 27.8 Å². The van der Waals surface area contributed by atoms with Gasteiger partial charge in [0.25, 0.3) is 0 Å². The lowest BCUT2D eigenvalue weighted by molar-refractivity contribution is 0.183. The second kappa shape index (κ2) is 4.01. The molecule has 2 heteroatoms. The summed E-state index contributed by atoms with van der Waals surface area (Å²) in [6.45, 7) is 8.54. The lowest BCUT2D eigenvalue weighted by Gasteiger charge is -2.16. The lowest BCUT2D eigenvalue weighted by Crippen LogP contribution is -2.01. The maximum Gasteiger partial charge on any atom is 0.122 e. The summed E-state index contributed by atoms with van der Waals surface area (Å²) < 4.78 is 5.13. The Morgan fingerprint density at radius 2 is 1.50 bits per heavy atom. The molecule has 1 aromatic carbocycles. The topological polar surface area (TPSA) is 29.5 Å². The third kappa shape index (κ3) is 1.62. The van der Waals surface area contributed by atoms with Gasteiger partial charge >= 0.3 is 0 Å². The van der Waals surface area contributed by atoms with Crippen molar-refractivity contribution in [1.29, 1.82) is 0 Å². The van der Waals surface area contributed by atoms with E-state index in [4.69, 9.17) is 4.74 Å². The molecule has 1 aromatic rings. The molecule has 0 bridgehead atoms. The van der Waals surface area contributed by atoms with Crippen LogP contribution in [0.25, 0.3) is 0 Å². The molecular weight excluding hydrogens is 176 g/mol. The fraction of sp³-hybridized carbons (Fsp3) is 0.500. The van der Waals surface area contributed by atoms with Crippen LogP contribution in [-0.2, 0) is 11.3 Å². The Bertz CT molecular complexity index is 325. The van der Waals surface area contributed by atoms with Gasteiger partial charge in [-0.25, -0.2) is 0 Å². The number of phenols is 1. The predicted octanol–water partition coefficient (Wildman–Crippen LogP) is 2.77. The van der Waals surface area contributed by atoms with Crippen LogP contribution in [-0.4, -0.2) is 12.2 Å². The van der Waals surface area contributed by atoms with E-state index in [0.29, 0.717) is 12.4 Å². The number of benzene rings is 1. The number of phenolic OH excluding ortho intramolecular Hbond substituents is 1. The lowest BCUT2D eigenvalue weighted by atomic mass is 9.93. The van der Waals surface area contributed by atoms with Gasteiger partial charge in [0.15, 0.2) is 0 Å². The van der Waals surface area contributed by atoms with Gasteiger partial charge < -0.3 is 9.84 Å². The third-order valence-corrected chi connectivity index (χ3v) is 3.03. The Hall–Kier alpha value is -1.02. The first kappa shape index (κ1) is 11.1. The van der Waals surface area contributed by atoms with Crippen molar-refractivity contribution in [3.05, 3.63) is 27.8 Å². The van der Waals surface area contributed by atoms with Crippen molar-refractivity contribution < 1.29 is 9.84 Å². The van der Waals surface area contributed by atoms with Crippen LogP contribution >= 0.6 is 0 Å². The van der Waals surface area contributed by atoms with Gasteiger partial charge in [0.2, 0.25) is 0 Å². The van der Waals surface area contributed by atoms with Gasteiger partial charge in [-0.05, 0) is 55.5 Å². The first-order valence-corrected chi connectivity index (χ1v) is 4.77. The van der Waals surface area contributed by atoms with Gasteiger partial charge in [0.1, 0.15) is 5.75 Å². The van der Waals surface area contributed by atoms with Gasteiger partial charge in [-0.2, -0.15) is 0 Å². The molecule has 2 nitrogen and oxygen atoms in total. The van der Waals surface area contributed by atoms with Crippen LogP contribution in [0.2, 0.25) is 0 Å². The van der Waals surface area contributed by atoms with Crippen LogP contribution in [0.4, 0.5) is 0 Å². The molecule has 0 amide bonds. The maximum atomic E-state index is 9.86. The molecule has 0 saturated carbocycles. The quantitative estimate of drug-likeness (QED) is 0.784. The van der Waals surface area contributed by atoms with Crippen LogP contribution in [0.3, 0.4) is 0 Å². The average molecular weight is 194 g/mol. The van der Waals surface area contributed by atoms with E-state index in [9.17, 15) is 5.11 Å².